The van der Waals surface area contributed by atoms with E-state index in [1.807, 2.05) is 44.2 Å². The van der Waals surface area contributed by atoms with Gasteiger partial charge in [0.05, 0.1) is 38.0 Å². The molecule has 3 aromatic carbocycles. The van der Waals surface area contributed by atoms with Gasteiger partial charge in [-0.1, -0.05) is 32.0 Å². The van der Waals surface area contributed by atoms with Gasteiger partial charge in [0, 0.05) is 6.07 Å². The van der Waals surface area contributed by atoms with Crippen LogP contribution in [0.3, 0.4) is 0 Å². The first-order valence-corrected chi connectivity index (χ1v) is 14.2. The summed E-state index contributed by atoms with van der Waals surface area (Å²) in [6, 6.07) is 17.1. The van der Waals surface area contributed by atoms with E-state index >= 15 is 0 Å². The summed E-state index contributed by atoms with van der Waals surface area (Å²) in [5.41, 5.74) is 3.09. The van der Waals surface area contributed by atoms with Crippen molar-refractivity contribution < 1.29 is 27.4 Å². The highest BCUT2D eigenvalue weighted by Gasteiger charge is 2.29. The predicted molar refractivity (Wildman–Crippen MR) is 153 cm³/mol. The minimum atomic E-state index is -4.15. The fraction of sp³-hybridized carbons (Fsp3) is 0.367. The van der Waals surface area contributed by atoms with E-state index in [0.29, 0.717) is 23.8 Å². The molecule has 9 heteroatoms. The molecule has 39 heavy (non-hydrogen) atoms. The van der Waals surface area contributed by atoms with E-state index in [0.717, 1.165) is 26.7 Å². The van der Waals surface area contributed by atoms with Gasteiger partial charge >= 0.3 is 0 Å². The molecule has 0 saturated heterocycles. The summed E-state index contributed by atoms with van der Waals surface area (Å²) in [6.07, 6.45) is 0.685. The van der Waals surface area contributed by atoms with Crippen molar-refractivity contribution in [2.24, 2.45) is 5.92 Å². The number of nitrogens with zero attached hydrogens (tertiary/aromatic N) is 1. The summed E-state index contributed by atoms with van der Waals surface area (Å²) in [7, 11) is 0.370. The molecule has 3 aromatic rings. The van der Waals surface area contributed by atoms with Gasteiger partial charge in [0.2, 0.25) is 5.91 Å². The van der Waals surface area contributed by atoms with Crippen LogP contribution in [0.25, 0.3) is 0 Å². The van der Waals surface area contributed by atoms with Crippen LogP contribution in [0.5, 0.6) is 17.2 Å². The summed E-state index contributed by atoms with van der Waals surface area (Å²) < 4.78 is 45.0. The van der Waals surface area contributed by atoms with Crippen molar-refractivity contribution in [1.29, 1.82) is 0 Å². The van der Waals surface area contributed by atoms with Gasteiger partial charge < -0.3 is 19.5 Å². The van der Waals surface area contributed by atoms with Gasteiger partial charge in [0.1, 0.15) is 12.3 Å². The van der Waals surface area contributed by atoms with Crippen molar-refractivity contribution in [2.75, 3.05) is 32.2 Å². The Labute approximate surface area is 231 Å². The minimum absolute atomic E-state index is 0.0130. The van der Waals surface area contributed by atoms with Crippen LogP contribution in [0.15, 0.2) is 65.6 Å². The number of rotatable bonds is 12. The molecule has 0 spiro atoms. The number of hydrogen-bond acceptors (Lipinski definition) is 6. The Morgan fingerprint density at radius 2 is 1.46 bits per heavy atom. The molecule has 1 unspecified atom stereocenters. The first kappa shape index (κ1) is 29.8. The van der Waals surface area contributed by atoms with Gasteiger partial charge in [-0.05, 0) is 79.3 Å². The Morgan fingerprint density at radius 1 is 0.846 bits per heavy atom. The molecule has 0 aliphatic rings. The second-order valence-corrected chi connectivity index (χ2v) is 11.8. The van der Waals surface area contributed by atoms with Crippen molar-refractivity contribution in [2.45, 2.75) is 45.1 Å². The SMILES string of the molecule is COc1ccc(C(CC(C)C)NC(=O)CN(c2cc(C)cc(C)c2)S(=O)(=O)c2ccc(OC)c(OC)c2)cc1. The summed E-state index contributed by atoms with van der Waals surface area (Å²) in [5, 5.41) is 3.07. The standard InChI is InChI=1S/C30H38N2O6S/c1-20(2)14-27(23-8-10-25(36-5)11-9-23)31-30(33)19-32(24-16-21(3)15-22(4)17-24)39(34,35)26-12-13-28(37-6)29(18-26)38-7/h8-13,15-18,20,27H,14,19H2,1-7H3,(H,31,33). The van der Waals surface area contributed by atoms with Gasteiger partial charge in [-0.15, -0.1) is 0 Å². The molecule has 8 nitrogen and oxygen atoms in total. The number of carbonyl (C=O) groups is 1. The molecule has 0 fully saturated rings. The zero-order valence-electron chi connectivity index (χ0n) is 23.6. The molecule has 0 aliphatic carbocycles. The molecule has 1 amide bonds. The quantitative estimate of drug-likeness (QED) is 0.321. The fourth-order valence-corrected chi connectivity index (χ4v) is 5.89. The third-order valence-corrected chi connectivity index (χ3v) is 8.05. The number of amides is 1. The number of ether oxygens (including phenoxy) is 3. The molecule has 0 bridgehead atoms. The molecule has 0 heterocycles. The van der Waals surface area contributed by atoms with Crippen molar-refractivity contribution >= 4 is 21.6 Å². The van der Waals surface area contributed by atoms with Crippen LogP contribution >= 0.6 is 0 Å². The molecule has 0 aromatic heterocycles. The molecular formula is C30H38N2O6S. The number of benzene rings is 3. The maximum absolute atomic E-state index is 14.0. The fourth-order valence-electron chi connectivity index (χ4n) is 4.47. The first-order chi connectivity index (χ1) is 18.5. The second kappa shape index (κ2) is 12.9. The van der Waals surface area contributed by atoms with Crippen LogP contribution in [-0.2, 0) is 14.8 Å². The third kappa shape index (κ3) is 7.44. The number of hydrogen-bond donors (Lipinski definition) is 1. The van der Waals surface area contributed by atoms with Crippen LogP contribution in [0.1, 0.15) is 43.0 Å². The maximum Gasteiger partial charge on any atom is 0.264 e. The summed E-state index contributed by atoms with van der Waals surface area (Å²) in [5.74, 6) is 1.28. The van der Waals surface area contributed by atoms with Gasteiger partial charge in [0.25, 0.3) is 10.0 Å². The van der Waals surface area contributed by atoms with Gasteiger partial charge in [-0.3, -0.25) is 9.10 Å². The monoisotopic (exact) mass is 554 g/mol. The number of sulfonamides is 1. The molecular weight excluding hydrogens is 516 g/mol. The Balaban J connectivity index is 2.00. The number of methoxy groups -OCH3 is 3. The molecule has 1 N–H and O–H groups in total. The largest absolute Gasteiger partial charge is 0.497 e. The predicted octanol–water partition coefficient (Wildman–Crippen LogP) is 5.43. The highest BCUT2D eigenvalue weighted by Crippen LogP contribution is 2.33. The lowest BCUT2D eigenvalue weighted by molar-refractivity contribution is -0.120. The van der Waals surface area contributed by atoms with Gasteiger partial charge in [0.15, 0.2) is 11.5 Å². The van der Waals surface area contributed by atoms with Crippen LogP contribution in [-0.4, -0.2) is 42.2 Å². The van der Waals surface area contributed by atoms with Crippen molar-refractivity contribution in [1.82, 2.24) is 5.32 Å². The average Bonchev–Trinajstić information content (AvgIpc) is 2.90. The topological polar surface area (TPSA) is 94.2 Å². The van der Waals surface area contributed by atoms with E-state index in [-0.39, 0.29) is 16.7 Å². The highest BCUT2D eigenvalue weighted by molar-refractivity contribution is 7.92. The molecule has 0 radical (unpaired) electrons. The lowest BCUT2D eigenvalue weighted by atomic mass is 9.97. The molecule has 1 atom stereocenters. The normalized spacial score (nSPS) is 12.1. The van der Waals surface area contributed by atoms with E-state index in [4.69, 9.17) is 14.2 Å². The zero-order chi connectivity index (χ0) is 28.7. The highest BCUT2D eigenvalue weighted by atomic mass is 32.2. The van der Waals surface area contributed by atoms with Gasteiger partial charge in [-0.2, -0.15) is 0 Å². The Hall–Kier alpha value is -3.72. The van der Waals surface area contributed by atoms with E-state index in [1.54, 1.807) is 19.2 Å². The lowest BCUT2D eigenvalue weighted by Gasteiger charge is -2.27. The minimum Gasteiger partial charge on any atom is -0.497 e. The number of carbonyl (C=O) groups excluding carboxylic acids is 1. The van der Waals surface area contributed by atoms with Gasteiger partial charge in [-0.25, -0.2) is 8.42 Å². The van der Waals surface area contributed by atoms with E-state index in [2.05, 4.69) is 19.2 Å². The molecule has 3 rings (SSSR count). The Kier molecular flexibility index (Phi) is 9.86. The Morgan fingerprint density at radius 3 is 2.00 bits per heavy atom. The van der Waals surface area contributed by atoms with Crippen molar-refractivity contribution in [3.63, 3.8) is 0 Å². The smallest absolute Gasteiger partial charge is 0.264 e. The van der Waals surface area contributed by atoms with Crippen LogP contribution in [0.2, 0.25) is 0 Å². The number of aryl methyl sites for hydroxylation is 2. The van der Waals surface area contributed by atoms with E-state index in [1.165, 1.54) is 32.4 Å². The molecule has 0 aliphatic heterocycles. The van der Waals surface area contributed by atoms with Crippen LogP contribution < -0.4 is 23.8 Å². The second-order valence-electron chi connectivity index (χ2n) is 9.90. The maximum atomic E-state index is 14.0. The van der Waals surface area contributed by atoms with Crippen molar-refractivity contribution in [3.05, 3.63) is 77.4 Å². The Bertz CT molecular complexity index is 1370. The zero-order valence-corrected chi connectivity index (χ0v) is 24.5. The third-order valence-electron chi connectivity index (χ3n) is 6.29. The van der Waals surface area contributed by atoms with E-state index < -0.39 is 22.5 Å². The summed E-state index contributed by atoms with van der Waals surface area (Å²) in [4.78, 5) is 13.5. The van der Waals surface area contributed by atoms with Crippen LogP contribution in [0, 0.1) is 19.8 Å². The summed E-state index contributed by atoms with van der Waals surface area (Å²) >= 11 is 0. The van der Waals surface area contributed by atoms with Crippen LogP contribution in [0.4, 0.5) is 5.69 Å². The molecule has 0 saturated carbocycles. The number of nitrogens with one attached hydrogen (secondary N) is 1. The van der Waals surface area contributed by atoms with E-state index in [9.17, 15) is 13.2 Å². The average molecular weight is 555 g/mol. The first-order valence-electron chi connectivity index (χ1n) is 12.7. The molecule has 210 valence electrons. The number of anilines is 1. The van der Waals surface area contributed by atoms with Crippen molar-refractivity contribution in [3.8, 4) is 17.2 Å². The summed E-state index contributed by atoms with van der Waals surface area (Å²) in [6.45, 7) is 7.53. The lowest BCUT2D eigenvalue weighted by Crippen LogP contribution is -2.42.